The molecule has 100 valence electrons. The molecule has 0 bridgehead atoms. The second kappa shape index (κ2) is 5.04. The number of aryl methyl sites for hydroxylation is 1. The Bertz CT molecular complexity index is 751. The Hall–Kier alpha value is -2.83. The number of carboxylic acid groups (broad SMARTS) is 1. The zero-order chi connectivity index (χ0) is 13.9. The van der Waals surface area contributed by atoms with Crippen LogP contribution in [-0.2, 0) is 11.3 Å². The van der Waals surface area contributed by atoms with Crippen LogP contribution in [0.25, 0.3) is 16.9 Å². The van der Waals surface area contributed by atoms with Crippen molar-refractivity contribution in [2.75, 3.05) is 0 Å². The van der Waals surface area contributed by atoms with Gasteiger partial charge in [0.05, 0.1) is 5.69 Å². The largest absolute Gasteiger partial charge is 0.481 e. The molecule has 0 atom stereocenters. The van der Waals surface area contributed by atoms with E-state index in [1.807, 2.05) is 41.2 Å². The zero-order valence-corrected chi connectivity index (χ0v) is 10.5. The monoisotopic (exact) mass is 270 g/mol. The van der Waals surface area contributed by atoms with Gasteiger partial charge in [0.25, 0.3) is 0 Å². The number of carbonyl (C=O) groups is 1. The number of hydrogen-bond donors (Lipinski definition) is 1. The number of fused-ring (bicyclic) bond motifs is 1. The average Bonchev–Trinajstić information content (AvgIpc) is 2.93. The molecule has 1 N–H and O–H groups in total. The van der Waals surface area contributed by atoms with Crippen LogP contribution in [-0.4, -0.2) is 30.9 Å². The minimum Gasteiger partial charge on any atom is -0.481 e. The SMILES string of the molecule is O=C(O)CC[n+]1ccc(-c2ccc3nncn3n2)cc1. The van der Waals surface area contributed by atoms with Gasteiger partial charge in [0, 0.05) is 17.7 Å². The van der Waals surface area contributed by atoms with E-state index >= 15 is 0 Å². The normalized spacial score (nSPS) is 10.8. The molecule has 3 rings (SSSR count). The summed E-state index contributed by atoms with van der Waals surface area (Å²) in [6.45, 7) is 0.452. The number of hydrogen-bond acceptors (Lipinski definition) is 4. The van der Waals surface area contributed by atoms with Crippen molar-refractivity contribution in [3.63, 3.8) is 0 Å². The molecule has 0 spiro atoms. The molecule has 0 saturated carbocycles. The Morgan fingerprint density at radius 1 is 1.25 bits per heavy atom. The highest BCUT2D eigenvalue weighted by Crippen LogP contribution is 2.14. The molecule has 3 aromatic heterocycles. The predicted octanol–water partition coefficient (Wildman–Crippen LogP) is 0.553. The lowest BCUT2D eigenvalue weighted by molar-refractivity contribution is -0.695. The van der Waals surface area contributed by atoms with Crippen LogP contribution in [0.3, 0.4) is 0 Å². The molecule has 7 heteroatoms. The number of aromatic nitrogens is 5. The lowest BCUT2D eigenvalue weighted by atomic mass is 10.2. The topological polar surface area (TPSA) is 84.3 Å². The van der Waals surface area contributed by atoms with E-state index in [0.717, 1.165) is 11.3 Å². The summed E-state index contributed by atoms with van der Waals surface area (Å²) in [6, 6.07) is 7.53. The van der Waals surface area contributed by atoms with Crippen LogP contribution in [0.4, 0.5) is 0 Å². The maximum atomic E-state index is 10.5. The van der Waals surface area contributed by atoms with E-state index in [-0.39, 0.29) is 6.42 Å². The first kappa shape index (κ1) is 12.2. The molecule has 7 nitrogen and oxygen atoms in total. The first-order valence-electron chi connectivity index (χ1n) is 6.11. The first-order chi connectivity index (χ1) is 9.72. The Kier molecular flexibility index (Phi) is 3.08. The molecule has 0 radical (unpaired) electrons. The summed E-state index contributed by atoms with van der Waals surface area (Å²) in [4.78, 5) is 10.5. The van der Waals surface area contributed by atoms with E-state index in [0.29, 0.717) is 12.2 Å². The van der Waals surface area contributed by atoms with Crippen LogP contribution in [0.2, 0.25) is 0 Å². The van der Waals surface area contributed by atoms with Crippen molar-refractivity contribution in [2.45, 2.75) is 13.0 Å². The quantitative estimate of drug-likeness (QED) is 0.700. The van der Waals surface area contributed by atoms with E-state index in [9.17, 15) is 4.79 Å². The molecule has 0 aromatic carbocycles. The highest BCUT2D eigenvalue weighted by Gasteiger charge is 2.07. The summed E-state index contributed by atoms with van der Waals surface area (Å²) < 4.78 is 3.44. The molecule has 20 heavy (non-hydrogen) atoms. The minimum atomic E-state index is -0.804. The van der Waals surface area contributed by atoms with Gasteiger partial charge in [0.15, 0.2) is 24.6 Å². The minimum absolute atomic E-state index is 0.106. The summed E-state index contributed by atoms with van der Waals surface area (Å²) in [5.74, 6) is -0.804. The molecule has 0 unspecified atom stereocenters. The second-order valence-electron chi connectivity index (χ2n) is 4.32. The van der Waals surface area contributed by atoms with Gasteiger partial charge >= 0.3 is 5.97 Å². The van der Waals surface area contributed by atoms with Crippen molar-refractivity contribution in [3.05, 3.63) is 43.0 Å². The van der Waals surface area contributed by atoms with Crippen LogP contribution in [0.15, 0.2) is 43.0 Å². The number of aliphatic carboxylic acids is 1. The van der Waals surface area contributed by atoms with Gasteiger partial charge in [-0.3, -0.25) is 4.79 Å². The van der Waals surface area contributed by atoms with Crippen molar-refractivity contribution >= 4 is 11.6 Å². The number of pyridine rings is 1. The molecule has 0 aliphatic rings. The molecule has 0 fully saturated rings. The van der Waals surface area contributed by atoms with Crippen molar-refractivity contribution in [2.24, 2.45) is 0 Å². The highest BCUT2D eigenvalue weighted by atomic mass is 16.4. The lowest BCUT2D eigenvalue weighted by Crippen LogP contribution is -2.33. The summed E-state index contributed by atoms with van der Waals surface area (Å²) in [7, 11) is 0. The average molecular weight is 270 g/mol. The second-order valence-corrected chi connectivity index (χ2v) is 4.32. The Labute approximate surface area is 114 Å². The van der Waals surface area contributed by atoms with Crippen LogP contribution < -0.4 is 4.57 Å². The maximum Gasteiger partial charge on any atom is 0.309 e. The zero-order valence-electron chi connectivity index (χ0n) is 10.5. The van der Waals surface area contributed by atoms with E-state index in [1.165, 1.54) is 0 Å². The molecule has 0 amide bonds. The van der Waals surface area contributed by atoms with E-state index in [1.54, 1.807) is 10.8 Å². The van der Waals surface area contributed by atoms with E-state index < -0.39 is 5.97 Å². The van der Waals surface area contributed by atoms with Gasteiger partial charge in [-0.2, -0.15) is 9.61 Å². The van der Waals surface area contributed by atoms with Crippen LogP contribution >= 0.6 is 0 Å². The van der Waals surface area contributed by atoms with Gasteiger partial charge in [0.1, 0.15) is 12.7 Å². The molecule has 0 aliphatic carbocycles. The number of nitrogens with zero attached hydrogens (tertiary/aromatic N) is 5. The third-order valence-electron chi connectivity index (χ3n) is 2.93. The fraction of sp³-hybridized carbons (Fsp3) is 0.154. The fourth-order valence-corrected chi connectivity index (χ4v) is 1.88. The molecule has 3 heterocycles. The fourth-order valence-electron chi connectivity index (χ4n) is 1.88. The van der Waals surface area contributed by atoms with Crippen LogP contribution in [0.5, 0.6) is 0 Å². The van der Waals surface area contributed by atoms with Crippen molar-refractivity contribution in [3.8, 4) is 11.3 Å². The van der Waals surface area contributed by atoms with E-state index in [4.69, 9.17) is 5.11 Å². The van der Waals surface area contributed by atoms with Gasteiger partial charge in [-0.25, -0.2) is 4.57 Å². The molecule has 3 aromatic rings. The van der Waals surface area contributed by atoms with E-state index in [2.05, 4.69) is 15.3 Å². The van der Waals surface area contributed by atoms with Gasteiger partial charge in [-0.15, -0.1) is 10.2 Å². The van der Waals surface area contributed by atoms with Gasteiger partial charge in [-0.1, -0.05) is 0 Å². The lowest BCUT2D eigenvalue weighted by Gasteiger charge is -2.00. The molecule has 0 aliphatic heterocycles. The summed E-state index contributed by atoms with van der Waals surface area (Å²) in [5.41, 5.74) is 2.45. The standard InChI is InChI=1S/C13H11N5O2/c19-13(20)5-8-17-6-3-10(4-7-17)11-1-2-12-15-14-9-18(12)16-11/h1-4,6-7,9H,5,8H2/p+1. The van der Waals surface area contributed by atoms with Gasteiger partial charge in [0.2, 0.25) is 0 Å². The molecule has 0 saturated heterocycles. The third kappa shape index (κ3) is 2.46. The van der Waals surface area contributed by atoms with Gasteiger partial charge in [-0.05, 0) is 12.1 Å². The van der Waals surface area contributed by atoms with Crippen molar-refractivity contribution < 1.29 is 14.5 Å². The smallest absolute Gasteiger partial charge is 0.309 e. The molecular formula is C13H12N5O2+. The summed E-state index contributed by atoms with van der Waals surface area (Å²) in [5, 5.41) is 20.7. The Balaban J connectivity index is 1.84. The first-order valence-corrected chi connectivity index (χ1v) is 6.11. The van der Waals surface area contributed by atoms with Crippen LogP contribution in [0, 0.1) is 0 Å². The summed E-state index contributed by atoms with van der Waals surface area (Å²) >= 11 is 0. The third-order valence-corrected chi connectivity index (χ3v) is 2.93. The van der Waals surface area contributed by atoms with Crippen molar-refractivity contribution in [1.29, 1.82) is 0 Å². The van der Waals surface area contributed by atoms with Crippen LogP contribution in [0.1, 0.15) is 6.42 Å². The number of carboxylic acids is 1. The Morgan fingerprint density at radius 3 is 2.80 bits per heavy atom. The molecular weight excluding hydrogens is 258 g/mol. The van der Waals surface area contributed by atoms with Gasteiger partial charge < -0.3 is 5.11 Å². The number of rotatable bonds is 4. The maximum absolute atomic E-state index is 10.5. The predicted molar refractivity (Wildman–Crippen MR) is 68.7 cm³/mol. The van der Waals surface area contributed by atoms with Crippen molar-refractivity contribution in [1.82, 2.24) is 19.8 Å². The highest BCUT2D eigenvalue weighted by molar-refractivity contribution is 5.66. The Morgan fingerprint density at radius 2 is 2.05 bits per heavy atom. The summed E-state index contributed by atoms with van der Waals surface area (Å²) in [6.07, 6.45) is 5.34.